The van der Waals surface area contributed by atoms with E-state index in [0.29, 0.717) is 18.4 Å². The minimum Gasteiger partial charge on any atom is -0.457 e. The number of fused-ring (bicyclic) bond motifs is 1. The number of esters is 1. The predicted molar refractivity (Wildman–Crippen MR) is 76.0 cm³/mol. The van der Waals surface area contributed by atoms with Gasteiger partial charge in [0.2, 0.25) is 0 Å². The number of carbonyl (C=O) groups is 1. The first kappa shape index (κ1) is 13.3. The summed E-state index contributed by atoms with van der Waals surface area (Å²) in [5.74, 6) is -0.426. The highest BCUT2D eigenvalue weighted by Gasteiger charge is 2.20. The third kappa shape index (κ3) is 2.76. The summed E-state index contributed by atoms with van der Waals surface area (Å²) in [6, 6.07) is 9.26. The topological polar surface area (TPSA) is 48.4 Å². The van der Waals surface area contributed by atoms with Gasteiger partial charge in [0.15, 0.2) is 5.69 Å². The number of hydrogen-bond donors (Lipinski definition) is 0. The predicted octanol–water partition coefficient (Wildman–Crippen LogP) is 3.22. The zero-order chi connectivity index (χ0) is 13.9. The van der Waals surface area contributed by atoms with E-state index in [9.17, 15) is 4.79 Å². The highest BCUT2D eigenvalue weighted by Crippen LogP contribution is 2.23. The van der Waals surface area contributed by atoms with Crippen LogP contribution in [-0.4, -0.2) is 30.3 Å². The first-order valence-electron chi connectivity index (χ1n) is 6.58. The molecular weight excluding hydrogens is 278 g/mol. The molecule has 2 heterocycles. The Morgan fingerprint density at radius 2 is 2.05 bits per heavy atom. The molecule has 20 heavy (non-hydrogen) atoms. The van der Waals surface area contributed by atoms with Crippen LogP contribution in [0.2, 0.25) is 5.15 Å². The number of rotatable bonds is 2. The number of halogens is 1. The number of hydrogen-bond acceptors (Lipinski definition) is 4. The van der Waals surface area contributed by atoms with Crippen LogP contribution in [0, 0.1) is 0 Å². The summed E-state index contributed by atoms with van der Waals surface area (Å²) >= 11 is 6.11. The Hall–Kier alpha value is -1.65. The van der Waals surface area contributed by atoms with E-state index in [2.05, 4.69) is 4.98 Å². The van der Waals surface area contributed by atoms with Gasteiger partial charge in [0.1, 0.15) is 11.3 Å². The molecule has 3 rings (SSSR count). The van der Waals surface area contributed by atoms with Gasteiger partial charge in [-0.25, -0.2) is 9.78 Å². The van der Waals surface area contributed by atoms with E-state index in [1.807, 2.05) is 24.3 Å². The fraction of sp³-hybridized carbons (Fsp3) is 0.333. The van der Waals surface area contributed by atoms with Crippen LogP contribution < -0.4 is 0 Å². The molecule has 0 atom stereocenters. The van der Waals surface area contributed by atoms with E-state index in [-0.39, 0.29) is 11.8 Å². The first-order chi connectivity index (χ1) is 9.74. The largest absolute Gasteiger partial charge is 0.457 e. The molecule has 0 bridgehead atoms. The van der Waals surface area contributed by atoms with Crippen LogP contribution in [0.15, 0.2) is 30.3 Å². The quantitative estimate of drug-likeness (QED) is 0.629. The Morgan fingerprint density at radius 3 is 2.85 bits per heavy atom. The van der Waals surface area contributed by atoms with Crippen molar-refractivity contribution in [2.75, 3.05) is 13.2 Å². The van der Waals surface area contributed by atoms with Gasteiger partial charge in [-0.3, -0.25) is 0 Å². The molecule has 0 spiro atoms. The van der Waals surface area contributed by atoms with E-state index in [1.165, 1.54) is 0 Å². The standard InChI is InChI=1S/C15H14ClNO3/c16-14-12-4-2-1-3-10(12)9-13(17-14)15(18)20-11-5-7-19-8-6-11/h1-4,9,11H,5-8H2. The Morgan fingerprint density at radius 1 is 1.30 bits per heavy atom. The van der Waals surface area contributed by atoms with Crippen molar-refractivity contribution in [3.05, 3.63) is 41.2 Å². The summed E-state index contributed by atoms with van der Waals surface area (Å²) in [4.78, 5) is 16.3. The molecule has 104 valence electrons. The molecule has 1 aromatic heterocycles. The minimum atomic E-state index is -0.426. The summed E-state index contributed by atoms with van der Waals surface area (Å²) in [6.45, 7) is 1.26. The average Bonchev–Trinajstić information content (AvgIpc) is 2.48. The summed E-state index contributed by atoms with van der Waals surface area (Å²) < 4.78 is 10.7. The number of ether oxygens (including phenoxy) is 2. The van der Waals surface area contributed by atoms with E-state index >= 15 is 0 Å². The van der Waals surface area contributed by atoms with E-state index < -0.39 is 5.97 Å². The highest BCUT2D eigenvalue weighted by molar-refractivity contribution is 6.34. The van der Waals surface area contributed by atoms with Gasteiger partial charge in [-0.15, -0.1) is 0 Å². The Balaban J connectivity index is 1.84. The normalized spacial score (nSPS) is 16.2. The van der Waals surface area contributed by atoms with Gasteiger partial charge in [-0.1, -0.05) is 35.9 Å². The zero-order valence-corrected chi connectivity index (χ0v) is 11.6. The number of aromatic nitrogens is 1. The molecule has 0 N–H and O–H groups in total. The zero-order valence-electron chi connectivity index (χ0n) is 10.8. The summed E-state index contributed by atoms with van der Waals surface area (Å²) in [6.07, 6.45) is 1.36. The molecule has 5 heteroatoms. The molecule has 0 amide bonds. The monoisotopic (exact) mass is 291 g/mol. The minimum absolute atomic E-state index is 0.0942. The Kier molecular flexibility index (Phi) is 3.85. The molecule has 1 fully saturated rings. The molecule has 1 aliphatic rings. The van der Waals surface area contributed by atoms with Crippen molar-refractivity contribution in [3.8, 4) is 0 Å². The lowest BCUT2D eigenvalue weighted by Gasteiger charge is -2.22. The SMILES string of the molecule is O=C(OC1CCOCC1)c1cc2ccccc2c(Cl)n1. The van der Waals surface area contributed by atoms with Gasteiger partial charge in [-0.05, 0) is 11.5 Å². The molecule has 1 aliphatic heterocycles. The second-order valence-corrected chi connectivity index (χ2v) is 5.09. The lowest BCUT2D eigenvalue weighted by molar-refractivity contribution is -0.0163. The van der Waals surface area contributed by atoms with E-state index in [0.717, 1.165) is 23.6 Å². The first-order valence-corrected chi connectivity index (χ1v) is 6.96. The fourth-order valence-corrected chi connectivity index (χ4v) is 2.53. The Bertz CT molecular complexity index is 638. The van der Waals surface area contributed by atoms with Crippen molar-refractivity contribution < 1.29 is 14.3 Å². The smallest absolute Gasteiger partial charge is 0.357 e. The fourth-order valence-electron chi connectivity index (χ4n) is 2.27. The molecule has 0 saturated carbocycles. The molecule has 1 aromatic carbocycles. The average molecular weight is 292 g/mol. The van der Waals surface area contributed by atoms with Crippen LogP contribution >= 0.6 is 11.6 Å². The number of carbonyl (C=O) groups excluding carboxylic acids is 1. The third-order valence-corrected chi connectivity index (χ3v) is 3.63. The summed E-state index contributed by atoms with van der Waals surface area (Å²) in [5, 5.41) is 2.03. The third-order valence-electron chi connectivity index (χ3n) is 3.35. The van der Waals surface area contributed by atoms with E-state index in [4.69, 9.17) is 21.1 Å². The molecule has 0 unspecified atom stereocenters. The van der Waals surface area contributed by atoms with Crippen molar-refractivity contribution in [2.45, 2.75) is 18.9 Å². The van der Waals surface area contributed by atoms with Crippen LogP contribution in [0.3, 0.4) is 0 Å². The molecule has 4 nitrogen and oxygen atoms in total. The van der Waals surface area contributed by atoms with Gasteiger partial charge >= 0.3 is 5.97 Å². The molecule has 0 aliphatic carbocycles. The highest BCUT2D eigenvalue weighted by atomic mass is 35.5. The van der Waals surface area contributed by atoms with Gasteiger partial charge in [0.25, 0.3) is 0 Å². The van der Waals surface area contributed by atoms with Gasteiger partial charge in [0, 0.05) is 18.2 Å². The van der Waals surface area contributed by atoms with Crippen molar-refractivity contribution in [3.63, 3.8) is 0 Å². The van der Waals surface area contributed by atoms with Crippen LogP contribution in [0.5, 0.6) is 0 Å². The van der Waals surface area contributed by atoms with Crippen LogP contribution in [0.4, 0.5) is 0 Å². The molecule has 1 saturated heterocycles. The second kappa shape index (κ2) is 5.77. The van der Waals surface area contributed by atoms with Crippen LogP contribution in [0.25, 0.3) is 10.8 Å². The van der Waals surface area contributed by atoms with Gasteiger partial charge < -0.3 is 9.47 Å². The lowest BCUT2D eigenvalue weighted by Crippen LogP contribution is -2.26. The molecule has 0 radical (unpaired) electrons. The number of benzene rings is 1. The van der Waals surface area contributed by atoms with Crippen molar-refractivity contribution in [1.29, 1.82) is 0 Å². The molecule has 2 aromatic rings. The van der Waals surface area contributed by atoms with Gasteiger partial charge in [0.05, 0.1) is 13.2 Å². The summed E-state index contributed by atoms with van der Waals surface area (Å²) in [7, 11) is 0. The lowest BCUT2D eigenvalue weighted by atomic mass is 10.1. The van der Waals surface area contributed by atoms with Crippen LogP contribution in [0.1, 0.15) is 23.3 Å². The second-order valence-electron chi connectivity index (χ2n) is 4.74. The Labute approximate surface area is 121 Å². The number of nitrogens with zero attached hydrogens (tertiary/aromatic N) is 1. The van der Waals surface area contributed by atoms with Crippen LogP contribution in [-0.2, 0) is 9.47 Å². The van der Waals surface area contributed by atoms with Crippen molar-refractivity contribution >= 4 is 28.3 Å². The number of pyridine rings is 1. The maximum absolute atomic E-state index is 12.1. The maximum Gasteiger partial charge on any atom is 0.357 e. The summed E-state index contributed by atoms with van der Waals surface area (Å²) in [5.41, 5.74) is 0.250. The van der Waals surface area contributed by atoms with Gasteiger partial charge in [-0.2, -0.15) is 0 Å². The van der Waals surface area contributed by atoms with Crippen molar-refractivity contribution in [2.24, 2.45) is 0 Å². The molecular formula is C15H14ClNO3. The van der Waals surface area contributed by atoms with Crippen molar-refractivity contribution in [1.82, 2.24) is 4.98 Å². The maximum atomic E-state index is 12.1. The van der Waals surface area contributed by atoms with E-state index in [1.54, 1.807) is 6.07 Å².